The van der Waals surface area contributed by atoms with E-state index in [4.69, 9.17) is 18.5 Å². The molecule has 394 valence electrons. The van der Waals surface area contributed by atoms with Gasteiger partial charge in [-0.2, -0.15) is 0 Å². The number of aliphatic hydroxyl groups is 5. The van der Waals surface area contributed by atoms with Crippen molar-refractivity contribution in [3.05, 3.63) is 24.3 Å². The molecule has 1 aliphatic carbocycles. The summed E-state index contributed by atoms with van der Waals surface area (Å²) in [6, 6.07) is 0. The molecule has 0 amide bonds. The highest BCUT2D eigenvalue weighted by atomic mass is 31.2. The van der Waals surface area contributed by atoms with Crippen molar-refractivity contribution in [2.24, 2.45) is 0 Å². The lowest BCUT2D eigenvalue weighted by atomic mass is 9.85. The molecule has 0 spiro atoms. The summed E-state index contributed by atoms with van der Waals surface area (Å²) >= 11 is 0. The minimum atomic E-state index is -5.12. The Labute approximate surface area is 406 Å². The molecule has 1 saturated carbocycles. The number of hydrogen-bond acceptors (Lipinski definition) is 12. The van der Waals surface area contributed by atoms with Gasteiger partial charge in [-0.1, -0.05) is 212 Å². The van der Waals surface area contributed by atoms with E-state index in [9.17, 15) is 44.6 Å². The number of ether oxygens (including phenoxy) is 2. The van der Waals surface area contributed by atoms with Crippen LogP contribution in [0.4, 0.5) is 0 Å². The summed E-state index contributed by atoms with van der Waals surface area (Å²) in [6.07, 6.45) is 36.5. The molecule has 6 N–H and O–H groups in total. The molecule has 1 rings (SSSR count). The molecule has 0 aromatic carbocycles. The first-order valence-electron chi connectivity index (χ1n) is 27.1. The number of phosphoric acid groups is 1. The van der Waals surface area contributed by atoms with E-state index >= 15 is 0 Å². The van der Waals surface area contributed by atoms with Crippen LogP contribution in [0.1, 0.15) is 245 Å². The Balaban J connectivity index is 2.36. The van der Waals surface area contributed by atoms with Crippen LogP contribution >= 0.6 is 7.82 Å². The molecular formula is C53H99O13P. The monoisotopic (exact) mass is 975 g/mol. The zero-order valence-electron chi connectivity index (χ0n) is 42.2. The molecule has 8 atom stereocenters. The lowest BCUT2D eigenvalue weighted by molar-refractivity contribution is -0.220. The Bertz CT molecular complexity index is 1270. The molecule has 1 aliphatic rings. The van der Waals surface area contributed by atoms with Crippen molar-refractivity contribution < 1.29 is 63.1 Å². The van der Waals surface area contributed by atoms with Crippen LogP contribution in [-0.2, 0) is 32.7 Å². The van der Waals surface area contributed by atoms with Crippen molar-refractivity contribution in [3.8, 4) is 0 Å². The van der Waals surface area contributed by atoms with Crippen molar-refractivity contribution in [1.82, 2.24) is 0 Å². The van der Waals surface area contributed by atoms with Crippen molar-refractivity contribution in [3.63, 3.8) is 0 Å². The van der Waals surface area contributed by atoms with Gasteiger partial charge in [-0.3, -0.25) is 18.6 Å². The molecule has 0 heterocycles. The van der Waals surface area contributed by atoms with E-state index in [1.54, 1.807) is 0 Å². The lowest BCUT2D eigenvalue weighted by Gasteiger charge is -2.41. The highest BCUT2D eigenvalue weighted by molar-refractivity contribution is 7.47. The van der Waals surface area contributed by atoms with Gasteiger partial charge in [0.2, 0.25) is 0 Å². The fraction of sp³-hybridized carbons (Fsp3) is 0.887. The Kier molecular flexibility index (Phi) is 40.8. The summed E-state index contributed by atoms with van der Waals surface area (Å²) in [5.41, 5.74) is 0. The van der Waals surface area contributed by atoms with Crippen LogP contribution in [0.5, 0.6) is 0 Å². The third-order valence-electron chi connectivity index (χ3n) is 12.8. The van der Waals surface area contributed by atoms with Gasteiger partial charge in [-0.25, -0.2) is 4.57 Å². The highest BCUT2D eigenvalue weighted by Gasteiger charge is 2.51. The minimum Gasteiger partial charge on any atom is -0.462 e. The van der Waals surface area contributed by atoms with Gasteiger partial charge < -0.3 is 39.9 Å². The summed E-state index contributed by atoms with van der Waals surface area (Å²) in [4.78, 5) is 35.9. The van der Waals surface area contributed by atoms with Gasteiger partial charge in [-0.15, -0.1) is 0 Å². The average Bonchev–Trinajstić information content (AvgIpc) is 3.31. The number of allylic oxidation sites excluding steroid dienone is 4. The Hall–Kier alpha value is -1.67. The van der Waals surface area contributed by atoms with Gasteiger partial charge in [0.1, 0.15) is 43.2 Å². The number of unbranched alkanes of at least 4 members (excludes halogenated alkanes) is 30. The number of esters is 2. The second-order valence-electron chi connectivity index (χ2n) is 19.1. The average molecular weight is 975 g/mol. The zero-order valence-corrected chi connectivity index (χ0v) is 43.1. The number of phosphoric ester groups is 1. The number of hydrogen-bond donors (Lipinski definition) is 6. The van der Waals surface area contributed by atoms with Crippen LogP contribution in [0.3, 0.4) is 0 Å². The fourth-order valence-corrected chi connectivity index (χ4v) is 9.41. The predicted octanol–water partition coefficient (Wildman–Crippen LogP) is 12.0. The Morgan fingerprint density at radius 3 is 1.24 bits per heavy atom. The lowest BCUT2D eigenvalue weighted by Crippen LogP contribution is -2.64. The molecular weight excluding hydrogens is 876 g/mol. The van der Waals surface area contributed by atoms with E-state index in [2.05, 4.69) is 38.2 Å². The van der Waals surface area contributed by atoms with Gasteiger partial charge >= 0.3 is 19.8 Å². The first-order valence-corrected chi connectivity index (χ1v) is 28.6. The second-order valence-corrected chi connectivity index (χ2v) is 20.5. The normalized spacial score (nSPS) is 21.3. The molecule has 0 aliphatic heterocycles. The number of rotatable bonds is 46. The molecule has 0 aromatic heterocycles. The summed E-state index contributed by atoms with van der Waals surface area (Å²) in [5.74, 6) is -1.09. The van der Waals surface area contributed by atoms with Crippen LogP contribution < -0.4 is 0 Å². The van der Waals surface area contributed by atoms with Crippen LogP contribution in [0.2, 0.25) is 0 Å². The third kappa shape index (κ3) is 35.1. The molecule has 1 fully saturated rings. The number of carbonyl (C=O) groups is 2. The SMILES string of the molecule is CCCCC/C=C/C/C=C/CCCCCCCCCCCC(=O)OC[C@@H](COP(=O)(O)OC1C(O)C(O)C(O)[C@H](O)C1O)OC(=O)CCCCCCCCCCCCCCCCCCCCC. The van der Waals surface area contributed by atoms with E-state index in [0.717, 1.165) is 57.8 Å². The van der Waals surface area contributed by atoms with Crippen molar-refractivity contribution in [1.29, 1.82) is 0 Å². The maximum Gasteiger partial charge on any atom is 0.472 e. The second kappa shape index (κ2) is 43.1. The van der Waals surface area contributed by atoms with E-state index in [-0.39, 0.29) is 12.8 Å². The largest absolute Gasteiger partial charge is 0.472 e. The van der Waals surface area contributed by atoms with E-state index in [0.29, 0.717) is 12.8 Å². The van der Waals surface area contributed by atoms with Crippen molar-refractivity contribution in [2.45, 2.75) is 288 Å². The van der Waals surface area contributed by atoms with Crippen LogP contribution in [0, 0.1) is 0 Å². The van der Waals surface area contributed by atoms with E-state index < -0.39 is 75.7 Å². The molecule has 13 nitrogen and oxygen atoms in total. The Morgan fingerprint density at radius 1 is 0.463 bits per heavy atom. The molecule has 0 aromatic rings. The molecule has 0 saturated heterocycles. The molecule has 0 radical (unpaired) electrons. The van der Waals surface area contributed by atoms with Crippen molar-refractivity contribution >= 4 is 19.8 Å². The predicted molar refractivity (Wildman–Crippen MR) is 267 cm³/mol. The third-order valence-corrected chi connectivity index (χ3v) is 13.8. The van der Waals surface area contributed by atoms with Crippen LogP contribution in [0.15, 0.2) is 24.3 Å². The smallest absolute Gasteiger partial charge is 0.462 e. The molecule has 0 bridgehead atoms. The van der Waals surface area contributed by atoms with Crippen LogP contribution in [-0.4, -0.2) is 98.3 Å². The first kappa shape index (κ1) is 63.3. The van der Waals surface area contributed by atoms with Crippen molar-refractivity contribution in [2.75, 3.05) is 13.2 Å². The summed E-state index contributed by atoms with van der Waals surface area (Å²) in [5, 5.41) is 50.3. The van der Waals surface area contributed by atoms with Crippen LogP contribution in [0.25, 0.3) is 0 Å². The number of aliphatic hydroxyl groups excluding tert-OH is 5. The zero-order chi connectivity index (χ0) is 49.2. The quantitative estimate of drug-likeness (QED) is 0.0145. The Morgan fingerprint density at radius 2 is 0.806 bits per heavy atom. The van der Waals surface area contributed by atoms with E-state index in [1.807, 2.05) is 0 Å². The maximum absolute atomic E-state index is 12.9. The minimum absolute atomic E-state index is 0.101. The standard InChI is InChI=1S/C53H99O13P/c1-3-5-7-9-11-13-15-17-19-21-23-25-27-29-31-33-35-37-39-41-46(54)63-43-45(44-64-67(61,62)66-53-51(59)49(57)48(56)50(58)52(53)60)65-47(55)42-40-38-36-34-32-30-28-26-24-22-20-18-16-14-12-10-8-6-4-2/h11,13,17,19,45,48-53,56-60H,3-10,12,14-16,18,20-44H2,1-2H3,(H,61,62)/b13-11+,19-17+/t45-,48?,49-,50?,51?,52?,53?/m0/s1. The van der Waals surface area contributed by atoms with Gasteiger partial charge in [0.05, 0.1) is 6.61 Å². The summed E-state index contributed by atoms with van der Waals surface area (Å²) < 4.78 is 33.7. The highest BCUT2D eigenvalue weighted by Crippen LogP contribution is 2.47. The molecule has 14 heteroatoms. The van der Waals surface area contributed by atoms with E-state index in [1.165, 1.54) is 148 Å². The van der Waals surface area contributed by atoms with Gasteiger partial charge in [0.15, 0.2) is 6.10 Å². The maximum atomic E-state index is 12.9. The first-order chi connectivity index (χ1) is 32.4. The molecule has 67 heavy (non-hydrogen) atoms. The van der Waals surface area contributed by atoms with Gasteiger partial charge in [0.25, 0.3) is 0 Å². The number of carbonyl (C=O) groups excluding carboxylic acids is 2. The summed E-state index contributed by atoms with van der Waals surface area (Å²) in [6.45, 7) is 3.32. The summed E-state index contributed by atoms with van der Waals surface area (Å²) in [7, 11) is -5.12. The molecule has 6 unspecified atom stereocenters. The topological polar surface area (TPSA) is 210 Å². The van der Waals surface area contributed by atoms with Gasteiger partial charge in [-0.05, 0) is 44.9 Å². The van der Waals surface area contributed by atoms with Gasteiger partial charge in [0, 0.05) is 12.8 Å². The fourth-order valence-electron chi connectivity index (χ4n) is 8.44.